The molecule has 0 spiro atoms. The third-order valence-electron chi connectivity index (χ3n) is 4.57. The van der Waals surface area contributed by atoms with Gasteiger partial charge in [-0.2, -0.15) is 0 Å². The maximum Gasteiger partial charge on any atom is 0.330 e. The predicted octanol–water partition coefficient (Wildman–Crippen LogP) is 0.271. The molecule has 1 aromatic carbocycles. The highest BCUT2D eigenvalue weighted by atomic mass is 32.2. The first-order valence-corrected chi connectivity index (χ1v) is 9.10. The van der Waals surface area contributed by atoms with E-state index in [-0.39, 0.29) is 16.8 Å². The van der Waals surface area contributed by atoms with E-state index in [2.05, 4.69) is 10.2 Å². The Hall–Kier alpha value is -3.14. The van der Waals surface area contributed by atoms with Gasteiger partial charge in [-0.05, 0) is 12.1 Å². The van der Waals surface area contributed by atoms with E-state index in [1.165, 1.54) is 34.0 Å². The zero-order valence-electron chi connectivity index (χ0n) is 14.9. The number of thioether (sulfide) groups is 1. The maximum atomic E-state index is 12.5. The molecular formula is C17H16N6O3S. The zero-order chi connectivity index (χ0) is 19.3. The minimum absolute atomic E-state index is 0.143. The lowest BCUT2D eigenvalue weighted by Gasteiger charge is -2.09. The monoisotopic (exact) mass is 384 g/mol. The summed E-state index contributed by atoms with van der Waals surface area (Å²) in [6, 6.07) is 8.69. The fourth-order valence-electron chi connectivity index (χ4n) is 2.96. The number of rotatable bonds is 3. The molecule has 4 rings (SSSR count). The van der Waals surface area contributed by atoms with Crippen molar-refractivity contribution in [1.29, 1.82) is 0 Å². The van der Waals surface area contributed by atoms with Crippen molar-refractivity contribution < 1.29 is 0 Å². The van der Waals surface area contributed by atoms with Gasteiger partial charge >= 0.3 is 5.69 Å². The first kappa shape index (κ1) is 17.3. The van der Waals surface area contributed by atoms with Gasteiger partial charge in [-0.15, -0.1) is 10.2 Å². The molecule has 0 aliphatic heterocycles. The van der Waals surface area contributed by atoms with Crippen molar-refractivity contribution in [3.05, 3.63) is 67.2 Å². The van der Waals surface area contributed by atoms with Crippen molar-refractivity contribution in [2.24, 2.45) is 21.1 Å². The van der Waals surface area contributed by atoms with E-state index in [4.69, 9.17) is 0 Å². The summed E-state index contributed by atoms with van der Waals surface area (Å²) in [5, 5.41) is 9.47. The lowest BCUT2D eigenvalue weighted by Crippen LogP contribution is -2.37. The van der Waals surface area contributed by atoms with E-state index >= 15 is 0 Å². The topological polar surface area (TPSA) is 96.2 Å². The largest absolute Gasteiger partial charge is 0.330 e. The number of nitrogens with zero attached hydrogens (tertiary/aromatic N) is 6. The SMILES string of the molecule is Cn1c(CSc2nnc3n(C)c(=O)c4ccccc4n23)cc(=O)n(C)c1=O. The van der Waals surface area contributed by atoms with E-state index in [0.29, 0.717) is 33.3 Å². The summed E-state index contributed by atoms with van der Waals surface area (Å²) in [4.78, 5) is 36.5. The summed E-state index contributed by atoms with van der Waals surface area (Å²) in [5.41, 5.74) is 0.417. The molecule has 0 aliphatic carbocycles. The Morgan fingerprint density at radius 1 is 0.963 bits per heavy atom. The summed E-state index contributed by atoms with van der Waals surface area (Å²) >= 11 is 1.34. The molecule has 0 saturated heterocycles. The smallest absolute Gasteiger partial charge is 0.300 e. The van der Waals surface area contributed by atoms with Gasteiger partial charge < -0.3 is 0 Å². The van der Waals surface area contributed by atoms with Crippen LogP contribution in [0.2, 0.25) is 0 Å². The molecule has 9 nitrogen and oxygen atoms in total. The number of hydrogen-bond donors (Lipinski definition) is 0. The van der Waals surface area contributed by atoms with Crippen molar-refractivity contribution in [2.45, 2.75) is 10.9 Å². The van der Waals surface area contributed by atoms with Crippen LogP contribution in [0.5, 0.6) is 0 Å². The molecule has 0 radical (unpaired) electrons. The predicted molar refractivity (Wildman–Crippen MR) is 102 cm³/mol. The lowest BCUT2D eigenvalue weighted by atomic mass is 10.2. The van der Waals surface area contributed by atoms with Crippen LogP contribution in [-0.2, 0) is 26.9 Å². The highest BCUT2D eigenvalue weighted by Gasteiger charge is 2.15. The molecule has 3 aromatic heterocycles. The molecule has 0 amide bonds. The minimum Gasteiger partial charge on any atom is -0.300 e. The molecule has 27 heavy (non-hydrogen) atoms. The van der Waals surface area contributed by atoms with Gasteiger partial charge in [0.05, 0.1) is 10.9 Å². The van der Waals surface area contributed by atoms with Crippen molar-refractivity contribution in [1.82, 2.24) is 28.3 Å². The molecule has 4 aromatic rings. The van der Waals surface area contributed by atoms with Crippen LogP contribution >= 0.6 is 11.8 Å². The minimum atomic E-state index is -0.378. The third kappa shape index (κ3) is 2.60. The van der Waals surface area contributed by atoms with Crippen LogP contribution in [0, 0.1) is 0 Å². The fraction of sp³-hybridized carbons (Fsp3) is 0.235. The Labute approximate surface area is 156 Å². The highest BCUT2D eigenvalue weighted by Crippen LogP contribution is 2.23. The van der Waals surface area contributed by atoms with E-state index in [1.54, 1.807) is 24.6 Å². The van der Waals surface area contributed by atoms with Crippen LogP contribution in [0.4, 0.5) is 0 Å². The molecule has 0 saturated carbocycles. The van der Waals surface area contributed by atoms with Crippen LogP contribution in [0.25, 0.3) is 16.7 Å². The van der Waals surface area contributed by atoms with E-state index in [9.17, 15) is 14.4 Å². The molecule has 3 heterocycles. The molecule has 0 bridgehead atoms. The van der Waals surface area contributed by atoms with Crippen molar-refractivity contribution in [3.63, 3.8) is 0 Å². The molecule has 0 N–H and O–H groups in total. The van der Waals surface area contributed by atoms with Crippen molar-refractivity contribution in [2.75, 3.05) is 0 Å². The van der Waals surface area contributed by atoms with Gasteiger partial charge in [0.1, 0.15) is 0 Å². The quantitative estimate of drug-likeness (QED) is 0.471. The molecule has 0 fully saturated rings. The highest BCUT2D eigenvalue weighted by molar-refractivity contribution is 7.98. The summed E-state index contributed by atoms with van der Waals surface area (Å²) < 4.78 is 5.75. The first-order chi connectivity index (χ1) is 12.9. The van der Waals surface area contributed by atoms with Gasteiger partial charge in [-0.3, -0.25) is 27.7 Å². The van der Waals surface area contributed by atoms with Gasteiger partial charge in [-0.1, -0.05) is 23.9 Å². The number of fused-ring (bicyclic) bond motifs is 3. The van der Waals surface area contributed by atoms with E-state index < -0.39 is 0 Å². The number of para-hydroxylation sites is 1. The van der Waals surface area contributed by atoms with Crippen molar-refractivity contribution >= 4 is 28.4 Å². The number of aromatic nitrogens is 6. The summed E-state index contributed by atoms with van der Waals surface area (Å²) in [6.45, 7) is 0. The second-order valence-corrected chi connectivity index (χ2v) is 7.10. The second-order valence-electron chi connectivity index (χ2n) is 6.16. The third-order valence-corrected chi connectivity index (χ3v) is 5.53. The summed E-state index contributed by atoms with van der Waals surface area (Å²) in [6.07, 6.45) is 0. The van der Waals surface area contributed by atoms with Gasteiger partial charge in [0, 0.05) is 38.7 Å². The van der Waals surface area contributed by atoms with Crippen molar-refractivity contribution in [3.8, 4) is 0 Å². The normalized spacial score (nSPS) is 11.5. The van der Waals surface area contributed by atoms with Crippen LogP contribution in [-0.4, -0.2) is 28.3 Å². The van der Waals surface area contributed by atoms with Crippen LogP contribution in [0.15, 0.2) is 49.9 Å². The Kier molecular flexibility index (Phi) is 3.99. The van der Waals surface area contributed by atoms with Gasteiger partial charge in [0.25, 0.3) is 11.1 Å². The Balaban J connectivity index is 1.84. The Morgan fingerprint density at radius 3 is 2.48 bits per heavy atom. The van der Waals surface area contributed by atoms with Gasteiger partial charge in [-0.25, -0.2) is 4.79 Å². The molecule has 138 valence electrons. The van der Waals surface area contributed by atoms with E-state index in [1.807, 2.05) is 18.2 Å². The number of aryl methyl sites for hydroxylation is 1. The van der Waals surface area contributed by atoms with Gasteiger partial charge in [0.15, 0.2) is 5.16 Å². The average Bonchev–Trinajstić information content (AvgIpc) is 3.10. The lowest BCUT2D eigenvalue weighted by molar-refractivity contribution is 0.665. The number of benzene rings is 1. The summed E-state index contributed by atoms with van der Waals surface area (Å²) in [5.74, 6) is 0.791. The molecular weight excluding hydrogens is 368 g/mol. The molecule has 0 aliphatic rings. The van der Waals surface area contributed by atoms with Crippen LogP contribution in [0.3, 0.4) is 0 Å². The van der Waals surface area contributed by atoms with Crippen LogP contribution < -0.4 is 16.8 Å². The molecule has 10 heteroatoms. The fourth-order valence-corrected chi connectivity index (χ4v) is 3.92. The van der Waals surface area contributed by atoms with Crippen LogP contribution in [0.1, 0.15) is 5.69 Å². The standard InChI is InChI=1S/C17H16N6O3S/c1-20-10(8-13(24)21(2)17(20)26)9-27-16-19-18-15-22(3)14(25)11-6-4-5-7-12(11)23(15)16/h4-8H,9H2,1-3H3. The first-order valence-electron chi connectivity index (χ1n) is 8.11. The average molecular weight is 384 g/mol. The second kappa shape index (κ2) is 6.23. The van der Waals surface area contributed by atoms with E-state index in [0.717, 1.165) is 4.57 Å². The molecule has 0 atom stereocenters. The Bertz CT molecular complexity index is 1380. The zero-order valence-corrected chi connectivity index (χ0v) is 15.7. The molecule has 0 unspecified atom stereocenters. The van der Waals surface area contributed by atoms with Gasteiger partial charge in [0.2, 0.25) is 5.78 Å². The summed E-state index contributed by atoms with van der Waals surface area (Å²) in [7, 11) is 4.72. The Morgan fingerprint density at radius 2 is 1.70 bits per heavy atom. The maximum absolute atomic E-state index is 12.5. The number of hydrogen-bond acceptors (Lipinski definition) is 6.